The zero-order valence-electron chi connectivity index (χ0n) is 16.1. The summed E-state index contributed by atoms with van der Waals surface area (Å²) in [6.07, 6.45) is 2.11. The molecular weight excluding hydrogens is 356 g/mol. The maximum atomic E-state index is 12.5. The Hall–Kier alpha value is -3.12. The van der Waals surface area contributed by atoms with Crippen molar-refractivity contribution in [3.63, 3.8) is 0 Å². The second-order valence-corrected chi connectivity index (χ2v) is 6.45. The molecule has 0 saturated carbocycles. The van der Waals surface area contributed by atoms with Crippen LogP contribution in [0.5, 0.6) is 5.75 Å². The van der Waals surface area contributed by atoms with E-state index in [0.717, 1.165) is 11.3 Å². The van der Waals surface area contributed by atoms with Crippen molar-refractivity contribution >= 4 is 17.9 Å². The number of carbonyl (C=O) groups excluding carboxylic acids is 2. The van der Waals surface area contributed by atoms with E-state index in [2.05, 4.69) is 10.6 Å². The molecule has 0 aliphatic rings. The van der Waals surface area contributed by atoms with Crippen LogP contribution in [-0.2, 0) is 4.79 Å². The van der Waals surface area contributed by atoms with Gasteiger partial charge in [0.2, 0.25) is 0 Å². The molecule has 0 atom stereocenters. The summed E-state index contributed by atoms with van der Waals surface area (Å²) in [4.78, 5) is 25.0. The number of aliphatic hydroxyl groups is 1. The lowest BCUT2D eigenvalue weighted by Crippen LogP contribution is -2.35. The fourth-order valence-corrected chi connectivity index (χ4v) is 2.40. The molecular formula is C22H26N2O4. The Morgan fingerprint density at radius 2 is 1.75 bits per heavy atom. The Bertz CT molecular complexity index is 799. The zero-order chi connectivity index (χ0) is 20.4. The van der Waals surface area contributed by atoms with Gasteiger partial charge in [-0.3, -0.25) is 9.59 Å². The molecule has 0 fully saturated rings. The molecule has 2 aromatic rings. The topological polar surface area (TPSA) is 87.7 Å². The van der Waals surface area contributed by atoms with Gasteiger partial charge in [-0.15, -0.1) is 0 Å². The molecule has 0 spiro atoms. The molecule has 0 bridgehead atoms. The summed E-state index contributed by atoms with van der Waals surface area (Å²) in [5, 5.41) is 14.3. The fourth-order valence-electron chi connectivity index (χ4n) is 2.40. The first-order valence-electron chi connectivity index (χ1n) is 9.23. The molecule has 2 rings (SSSR count). The fraction of sp³-hybridized carbons (Fsp3) is 0.273. The monoisotopic (exact) mass is 382 g/mol. The van der Waals surface area contributed by atoms with Crippen LogP contribution in [0.1, 0.15) is 36.2 Å². The average Bonchev–Trinajstić information content (AvgIpc) is 2.69. The van der Waals surface area contributed by atoms with Crippen LogP contribution >= 0.6 is 0 Å². The minimum Gasteiger partial charge on any atom is -0.491 e. The molecule has 2 aromatic carbocycles. The molecule has 0 unspecified atom stereocenters. The lowest BCUT2D eigenvalue weighted by atomic mass is 10.1. The number of amides is 2. The van der Waals surface area contributed by atoms with E-state index in [-0.39, 0.29) is 24.3 Å². The quantitative estimate of drug-likeness (QED) is 0.460. The molecule has 0 heterocycles. The minimum absolute atomic E-state index is 0.0208. The number of carbonyl (C=O) groups is 2. The highest BCUT2D eigenvalue weighted by atomic mass is 16.5. The molecule has 0 radical (unpaired) electrons. The third-order valence-electron chi connectivity index (χ3n) is 3.71. The van der Waals surface area contributed by atoms with Gasteiger partial charge in [0.15, 0.2) is 0 Å². The first kappa shape index (κ1) is 21.2. The van der Waals surface area contributed by atoms with Crippen molar-refractivity contribution in [2.75, 3.05) is 13.2 Å². The van der Waals surface area contributed by atoms with E-state index in [1.807, 2.05) is 44.2 Å². The maximum absolute atomic E-state index is 12.5. The van der Waals surface area contributed by atoms with Crippen molar-refractivity contribution in [3.05, 3.63) is 71.4 Å². The Kier molecular flexibility index (Phi) is 8.24. The minimum atomic E-state index is -0.416. The van der Waals surface area contributed by atoms with Crippen LogP contribution in [-0.4, -0.2) is 36.2 Å². The molecule has 0 aromatic heterocycles. The third kappa shape index (κ3) is 6.89. The average molecular weight is 382 g/mol. The molecule has 0 aliphatic heterocycles. The van der Waals surface area contributed by atoms with Crippen LogP contribution in [0.3, 0.4) is 0 Å². The van der Waals surface area contributed by atoms with Crippen molar-refractivity contribution in [2.45, 2.75) is 26.4 Å². The summed E-state index contributed by atoms with van der Waals surface area (Å²) >= 11 is 0. The Morgan fingerprint density at radius 3 is 2.36 bits per heavy atom. The van der Waals surface area contributed by atoms with Crippen LogP contribution in [0, 0.1) is 0 Å². The number of aliphatic hydroxyl groups excluding tert-OH is 1. The van der Waals surface area contributed by atoms with Gasteiger partial charge in [0.25, 0.3) is 11.8 Å². The van der Waals surface area contributed by atoms with E-state index in [9.17, 15) is 9.59 Å². The van der Waals surface area contributed by atoms with Gasteiger partial charge >= 0.3 is 0 Å². The SMILES string of the molecule is CC(C)Oc1ccc(C=C(NC(=O)c2ccccc2)C(=O)NCCCO)cc1. The third-order valence-corrected chi connectivity index (χ3v) is 3.71. The number of rotatable bonds is 9. The maximum Gasteiger partial charge on any atom is 0.267 e. The van der Waals surface area contributed by atoms with Crippen molar-refractivity contribution in [1.29, 1.82) is 0 Å². The van der Waals surface area contributed by atoms with E-state index < -0.39 is 5.91 Å². The highest BCUT2D eigenvalue weighted by Crippen LogP contribution is 2.16. The van der Waals surface area contributed by atoms with Crippen molar-refractivity contribution < 1.29 is 19.4 Å². The first-order valence-corrected chi connectivity index (χ1v) is 9.23. The van der Waals surface area contributed by atoms with Crippen LogP contribution in [0.4, 0.5) is 0 Å². The smallest absolute Gasteiger partial charge is 0.267 e. The lowest BCUT2D eigenvalue weighted by Gasteiger charge is -2.12. The van der Waals surface area contributed by atoms with Gasteiger partial charge < -0.3 is 20.5 Å². The second kappa shape index (κ2) is 10.9. The normalized spacial score (nSPS) is 11.2. The van der Waals surface area contributed by atoms with E-state index in [1.165, 1.54) is 0 Å². The molecule has 148 valence electrons. The van der Waals surface area contributed by atoms with Gasteiger partial charge in [0.1, 0.15) is 11.4 Å². The number of hydrogen-bond donors (Lipinski definition) is 3. The highest BCUT2D eigenvalue weighted by molar-refractivity contribution is 6.05. The predicted molar refractivity (Wildman–Crippen MR) is 109 cm³/mol. The van der Waals surface area contributed by atoms with Gasteiger partial charge in [-0.1, -0.05) is 30.3 Å². The first-order chi connectivity index (χ1) is 13.5. The molecule has 6 heteroatoms. The summed E-state index contributed by atoms with van der Waals surface area (Å²) in [5.74, 6) is -0.0569. The summed E-state index contributed by atoms with van der Waals surface area (Å²) in [5.41, 5.74) is 1.33. The van der Waals surface area contributed by atoms with Crippen molar-refractivity contribution in [3.8, 4) is 5.75 Å². The standard InChI is InChI=1S/C22H26N2O4/c1-16(2)28-19-11-9-17(10-12-19)15-20(22(27)23-13-6-14-25)24-21(26)18-7-4-3-5-8-18/h3-5,7-12,15-16,25H,6,13-14H2,1-2H3,(H,23,27)(H,24,26). The van der Waals surface area contributed by atoms with Gasteiger partial charge in [-0.05, 0) is 56.2 Å². The molecule has 6 nitrogen and oxygen atoms in total. The van der Waals surface area contributed by atoms with Crippen LogP contribution in [0.2, 0.25) is 0 Å². The summed E-state index contributed by atoms with van der Waals surface area (Å²) in [6.45, 7) is 4.19. The summed E-state index contributed by atoms with van der Waals surface area (Å²) in [6, 6.07) is 15.9. The zero-order valence-corrected chi connectivity index (χ0v) is 16.1. The van der Waals surface area contributed by atoms with Gasteiger partial charge in [-0.25, -0.2) is 0 Å². The number of hydrogen-bond acceptors (Lipinski definition) is 4. The van der Waals surface area contributed by atoms with Crippen LogP contribution in [0.25, 0.3) is 6.08 Å². The largest absolute Gasteiger partial charge is 0.491 e. The molecule has 3 N–H and O–H groups in total. The molecule has 0 saturated heterocycles. The lowest BCUT2D eigenvalue weighted by molar-refractivity contribution is -0.117. The van der Waals surface area contributed by atoms with Gasteiger partial charge in [0.05, 0.1) is 6.10 Å². The van der Waals surface area contributed by atoms with Crippen LogP contribution in [0.15, 0.2) is 60.3 Å². The molecule has 28 heavy (non-hydrogen) atoms. The van der Waals surface area contributed by atoms with Gasteiger partial charge in [-0.2, -0.15) is 0 Å². The number of ether oxygens (including phenoxy) is 1. The van der Waals surface area contributed by atoms with Crippen molar-refractivity contribution in [2.24, 2.45) is 0 Å². The Labute approximate surface area is 165 Å². The van der Waals surface area contributed by atoms with Crippen LogP contribution < -0.4 is 15.4 Å². The summed E-state index contributed by atoms with van der Waals surface area (Å²) in [7, 11) is 0. The van der Waals surface area contributed by atoms with E-state index >= 15 is 0 Å². The Balaban J connectivity index is 2.20. The number of nitrogens with one attached hydrogen (secondary N) is 2. The highest BCUT2D eigenvalue weighted by Gasteiger charge is 2.14. The van der Waals surface area contributed by atoms with Crippen molar-refractivity contribution in [1.82, 2.24) is 10.6 Å². The Morgan fingerprint density at radius 1 is 1.07 bits per heavy atom. The molecule has 2 amide bonds. The van der Waals surface area contributed by atoms with E-state index in [0.29, 0.717) is 18.5 Å². The number of benzene rings is 2. The van der Waals surface area contributed by atoms with E-state index in [1.54, 1.807) is 30.3 Å². The van der Waals surface area contributed by atoms with Gasteiger partial charge in [0, 0.05) is 18.7 Å². The predicted octanol–water partition coefficient (Wildman–Crippen LogP) is 2.74. The molecule has 0 aliphatic carbocycles. The summed E-state index contributed by atoms with van der Waals surface area (Å²) < 4.78 is 5.62. The second-order valence-electron chi connectivity index (χ2n) is 6.45. The van der Waals surface area contributed by atoms with E-state index in [4.69, 9.17) is 9.84 Å².